The van der Waals surface area contributed by atoms with Crippen molar-refractivity contribution in [3.8, 4) is 5.75 Å². The van der Waals surface area contributed by atoms with Crippen molar-refractivity contribution in [3.63, 3.8) is 0 Å². The van der Waals surface area contributed by atoms with E-state index in [1.807, 2.05) is 38.1 Å². The van der Waals surface area contributed by atoms with Crippen LogP contribution in [0, 0.1) is 13.8 Å². The van der Waals surface area contributed by atoms with Crippen LogP contribution in [0.15, 0.2) is 34.8 Å². The van der Waals surface area contributed by atoms with E-state index < -0.39 is 6.10 Å². The first-order chi connectivity index (χ1) is 9.45. The molecule has 0 saturated carbocycles. The van der Waals surface area contributed by atoms with Crippen molar-refractivity contribution < 1.29 is 9.84 Å². The smallest absolute Gasteiger partial charge is 0.128 e. The van der Waals surface area contributed by atoms with Gasteiger partial charge in [0.05, 0.1) is 7.11 Å². The molecule has 0 aromatic heterocycles. The first-order valence-electron chi connectivity index (χ1n) is 6.22. The van der Waals surface area contributed by atoms with Crippen LogP contribution in [-0.4, -0.2) is 12.2 Å². The molecule has 0 saturated heterocycles. The number of hydrogen-bond donors (Lipinski definition) is 1. The van der Waals surface area contributed by atoms with Gasteiger partial charge in [-0.2, -0.15) is 0 Å². The molecule has 20 heavy (non-hydrogen) atoms. The third-order valence-corrected chi connectivity index (χ3v) is 4.30. The molecule has 2 aromatic rings. The van der Waals surface area contributed by atoms with Gasteiger partial charge >= 0.3 is 0 Å². The number of aryl methyl sites for hydroxylation is 1. The van der Waals surface area contributed by atoms with Crippen molar-refractivity contribution in [2.75, 3.05) is 7.11 Å². The Hall–Kier alpha value is -1.03. The Morgan fingerprint density at radius 1 is 1.15 bits per heavy atom. The quantitative estimate of drug-likeness (QED) is 0.856. The van der Waals surface area contributed by atoms with E-state index in [0.29, 0.717) is 16.3 Å². The average Bonchev–Trinajstić information content (AvgIpc) is 2.43. The SMILES string of the molecule is COc1c(C(O)c2cc(Br)ccc2Cl)ccc(C)c1C. The highest BCUT2D eigenvalue weighted by Crippen LogP contribution is 2.37. The Labute approximate surface area is 132 Å². The van der Waals surface area contributed by atoms with Gasteiger partial charge in [0.15, 0.2) is 0 Å². The van der Waals surface area contributed by atoms with E-state index in [-0.39, 0.29) is 0 Å². The fourth-order valence-electron chi connectivity index (χ4n) is 2.19. The highest BCUT2D eigenvalue weighted by molar-refractivity contribution is 9.10. The molecule has 0 bridgehead atoms. The molecule has 106 valence electrons. The lowest BCUT2D eigenvalue weighted by Gasteiger charge is -2.19. The zero-order valence-corrected chi connectivity index (χ0v) is 13.9. The van der Waals surface area contributed by atoms with Crippen molar-refractivity contribution >= 4 is 27.5 Å². The highest BCUT2D eigenvalue weighted by Gasteiger charge is 2.20. The number of benzene rings is 2. The van der Waals surface area contributed by atoms with Crippen molar-refractivity contribution in [2.24, 2.45) is 0 Å². The van der Waals surface area contributed by atoms with E-state index >= 15 is 0 Å². The minimum atomic E-state index is -0.825. The summed E-state index contributed by atoms with van der Waals surface area (Å²) in [5.41, 5.74) is 3.52. The molecule has 1 N–H and O–H groups in total. The van der Waals surface area contributed by atoms with Crippen LogP contribution in [0.5, 0.6) is 5.75 Å². The van der Waals surface area contributed by atoms with Gasteiger partial charge < -0.3 is 9.84 Å². The molecule has 2 nitrogen and oxygen atoms in total. The van der Waals surface area contributed by atoms with Crippen LogP contribution in [0.25, 0.3) is 0 Å². The second kappa shape index (κ2) is 6.17. The van der Waals surface area contributed by atoms with Gasteiger partial charge in [0.1, 0.15) is 11.9 Å². The van der Waals surface area contributed by atoms with Gasteiger partial charge in [0.2, 0.25) is 0 Å². The van der Waals surface area contributed by atoms with Gasteiger partial charge in [-0.25, -0.2) is 0 Å². The van der Waals surface area contributed by atoms with Gasteiger partial charge in [-0.1, -0.05) is 39.7 Å². The lowest BCUT2D eigenvalue weighted by atomic mass is 9.96. The molecule has 1 unspecified atom stereocenters. The van der Waals surface area contributed by atoms with Gasteiger partial charge in [-0.15, -0.1) is 0 Å². The van der Waals surface area contributed by atoms with Crippen LogP contribution in [0.3, 0.4) is 0 Å². The van der Waals surface area contributed by atoms with Crippen LogP contribution >= 0.6 is 27.5 Å². The highest BCUT2D eigenvalue weighted by atomic mass is 79.9. The van der Waals surface area contributed by atoms with E-state index in [9.17, 15) is 5.11 Å². The molecule has 0 aliphatic carbocycles. The van der Waals surface area contributed by atoms with E-state index in [1.54, 1.807) is 13.2 Å². The van der Waals surface area contributed by atoms with E-state index in [0.717, 1.165) is 21.2 Å². The summed E-state index contributed by atoms with van der Waals surface area (Å²) in [7, 11) is 1.61. The van der Waals surface area contributed by atoms with Crippen LogP contribution in [0.2, 0.25) is 5.02 Å². The monoisotopic (exact) mass is 354 g/mol. The Bertz CT molecular complexity index is 641. The lowest BCUT2D eigenvalue weighted by molar-refractivity contribution is 0.214. The summed E-state index contributed by atoms with van der Waals surface area (Å²) in [4.78, 5) is 0. The van der Waals surface area contributed by atoms with Gasteiger partial charge in [-0.3, -0.25) is 0 Å². The molecular weight excluding hydrogens is 340 g/mol. The van der Waals surface area contributed by atoms with E-state index in [4.69, 9.17) is 16.3 Å². The van der Waals surface area contributed by atoms with Gasteiger partial charge in [0.25, 0.3) is 0 Å². The number of methoxy groups -OCH3 is 1. The van der Waals surface area contributed by atoms with Crippen molar-refractivity contribution in [1.82, 2.24) is 0 Å². The Balaban J connectivity index is 2.56. The predicted molar refractivity (Wildman–Crippen MR) is 85.7 cm³/mol. The van der Waals surface area contributed by atoms with Crippen molar-refractivity contribution in [1.29, 1.82) is 0 Å². The molecule has 0 aliphatic rings. The fraction of sp³-hybridized carbons (Fsp3) is 0.250. The molecule has 2 aromatic carbocycles. The first-order valence-corrected chi connectivity index (χ1v) is 7.40. The molecule has 4 heteroatoms. The first kappa shape index (κ1) is 15.4. The topological polar surface area (TPSA) is 29.5 Å². The van der Waals surface area contributed by atoms with Crippen molar-refractivity contribution in [3.05, 3.63) is 62.1 Å². The lowest BCUT2D eigenvalue weighted by Crippen LogP contribution is -2.05. The summed E-state index contributed by atoms with van der Waals surface area (Å²) in [6.07, 6.45) is -0.825. The molecule has 0 heterocycles. The minimum absolute atomic E-state index is 0.529. The minimum Gasteiger partial charge on any atom is -0.496 e. The number of hydrogen-bond acceptors (Lipinski definition) is 2. The number of rotatable bonds is 3. The zero-order valence-electron chi connectivity index (χ0n) is 11.6. The molecule has 0 aliphatic heterocycles. The predicted octanol–water partition coefficient (Wildman–Crippen LogP) is 4.81. The van der Waals surface area contributed by atoms with Crippen LogP contribution in [0.4, 0.5) is 0 Å². The standard InChI is InChI=1S/C16H16BrClO2/c1-9-4-6-12(16(20-3)10(9)2)15(19)13-8-11(17)5-7-14(13)18/h4-8,15,19H,1-3H3. The summed E-state index contributed by atoms with van der Waals surface area (Å²) in [5, 5.41) is 11.2. The number of aliphatic hydroxyl groups excluding tert-OH is 1. The number of ether oxygens (including phenoxy) is 1. The maximum absolute atomic E-state index is 10.6. The fourth-order valence-corrected chi connectivity index (χ4v) is 2.79. The second-order valence-electron chi connectivity index (χ2n) is 4.70. The van der Waals surface area contributed by atoms with Gasteiger partial charge in [-0.05, 0) is 43.2 Å². The maximum Gasteiger partial charge on any atom is 0.128 e. The third kappa shape index (κ3) is 2.85. The molecule has 0 fully saturated rings. The van der Waals surface area contributed by atoms with Crippen molar-refractivity contribution in [2.45, 2.75) is 20.0 Å². The molecule has 0 radical (unpaired) electrons. The summed E-state index contributed by atoms with van der Waals surface area (Å²) < 4.78 is 6.33. The normalized spacial score (nSPS) is 12.3. The molecular formula is C16H16BrClO2. The number of aliphatic hydroxyl groups is 1. The summed E-state index contributed by atoms with van der Waals surface area (Å²) >= 11 is 9.58. The molecule has 0 amide bonds. The molecule has 0 spiro atoms. The second-order valence-corrected chi connectivity index (χ2v) is 6.02. The van der Waals surface area contributed by atoms with E-state index in [2.05, 4.69) is 15.9 Å². The van der Waals surface area contributed by atoms with Gasteiger partial charge in [0, 0.05) is 20.6 Å². The summed E-state index contributed by atoms with van der Waals surface area (Å²) in [6, 6.07) is 9.28. The van der Waals surface area contributed by atoms with Crippen LogP contribution in [-0.2, 0) is 0 Å². The third-order valence-electron chi connectivity index (χ3n) is 3.46. The molecule has 1 atom stereocenters. The largest absolute Gasteiger partial charge is 0.496 e. The summed E-state index contributed by atoms with van der Waals surface area (Å²) in [5.74, 6) is 0.702. The van der Waals surface area contributed by atoms with E-state index in [1.165, 1.54) is 0 Å². The Morgan fingerprint density at radius 3 is 2.50 bits per heavy atom. The van der Waals surface area contributed by atoms with Crippen LogP contribution in [0.1, 0.15) is 28.4 Å². The van der Waals surface area contributed by atoms with Crippen LogP contribution < -0.4 is 4.74 Å². The molecule has 2 rings (SSSR count). The zero-order chi connectivity index (χ0) is 14.9. The average molecular weight is 356 g/mol. The Kier molecular flexibility index (Phi) is 4.74. The number of halogens is 2. The Morgan fingerprint density at radius 2 is 1.85 bits per heavy atom. The maximum atomic E-state index is 10.6. The summed E-state index contributed by atoms with van der Waals surface area (Å²) in [6.45, 7) is 3.99.